The average Bonchev–Trinajstić information content (AvgIpc) is 3.14. The van der Waals surface area contributed by atoms with Crippen molar-refractivity contribution in [1.29, 1.82) is 0 Å². The lowest BCUT2D eigenvalue weighted by Crippen LogP contribution is -2.27. The van der Waals surface area contributed by atoms with Gasteiger partial charge in [-0.05, 0) is 38.0 Å². The largest absolute Gasteiger partial charge is 0.441 e. The first-order valence-corrected chi connectivity index (χ1v) is 9.92. The molecular formula is C20H23Cl2N3O2. The molecule has 0 radical (unpaired) electrons. The van der Waals surface area contributed by atoms with Gasteiger partial charge in [0, 0.05) is 17.0 Å². The molecule has 2 aromatic heterocycles. The number of hydrogen-bond acceptors (Lipinski definition) is 3. The molecule has 0 fully saturated rings. The molecule has 1 unspecified atom stereocenters. The lowest BCUT2D eigenvalue weighted by molar-refractivity contribution is -0.121. The summed E-state index contributed by atoms with van der Waals surface area (Å²) >= 11 is 12.5. The van der Waals surface area contributed by atoms with Crippen LogP contribution in [0.1, 0.15) is 56.7 Å². The fourth-order valence-electron chi connectivity index (χ4n) is 3.32. The van der Waals surface area contributed by atoms with E-state index in [0.29, 0.717) is 27.9 Å². The second-order valence-corrected chi connectivity index (χ2v) is 7.29. The van der Waals surface area contributed by atoms with Crippen molar-refractivity contribution in [3.8, 4) is 11.3 Å². The van der Waals surface area contributed by atoms with Crippen LogP contribution < -0.4 is 5.32 Å². The van der Waals surface area contributed by atoms with Gasteiger partial charge in [-0.1, -0.05) is 44.0 Å². The van der Waals surface area contributed by atoms with E-state index < -0.39 is 0 Å². The number of halogens is 2. The maximum Gasteiger partial charge on any atom is 0.227 e. The van der Waals surface area contributed by atoms with Crippen LogP contribution in [-0.4, -0.2) is 15.5 Å². The Hall–Kier alpha value is -1.98. The Bertz CT molecular complexity index is 991. The van der Waals surface area contributed by atoms with Crippen LogP contribution in [0.3, 0.4) is 0 Å². The van der Waals surface area contributed by atoms with Crippen LogP contribution in [0.25, 0.3) is 17.0 Å². The van der Waals surface area contributed by atoms with Crippen LogP contribution in [0.4, 0.5) is 0 Å². The molecule has 3 rings (SSSR count). The normalized spacial score (nSPS) is 12.5. The molecule has 1 amide bonds. The maximum absolute atomic E-state index is 12.0. The van der Waals surface area contributed by atoms with E-state index in [2.05, 4.69) is 5.32 Å². The number of nitrogens with zero attached hydrogens (tertiary/aromatic N) is 2. The lowest BCUT2D eigenvalue weighted by Gasteiger charge is -2.16. The molecule has 0 aliphatic heterocycles. The van der Waals surface area contributed by atoms with Crippen LogP contribution in [0.2, 0.25) is 10.0 Å². The minimum absolute atomic E-state index is 0.00694. The van der Waals surface area contributed by atoms with E-state index >= 15 is 0 Å². The van der Waals surface area contributed by atoms with Gasteiger partial charge in [0.15, 0.2) is 0 Å². The van der Waals surface area contributed by atoms with Crippen molar-refractivity contribution in [3.63, 3.8) is 0 Å². The van der Waals surface area contributed by atoms with Gasteiger partial charge in [-0.2, -0.15) is 9.61 Å². The molecule has 0 bridgehead atoms. The molecule has 0 aliphatic carbocycles. The van der Waals surface area contributed by atoms with Crippen molar-refractivity contribution in [2.45, 2.75) is 53.0 Å². The number of hydrogen-bond donors (Lipinski definition) is 1. The predicted octanol–water partition coefficient (Wildman–Crippen LogP) is 5.75. The van der Waals surface area contributed by atoms with E-state index in [1.807, 2.05) is 33.8 Å². The Morgan fingerprint density at radius 2 is 2.04 bits per heavy atom. The number of fused-ring (bicyclic) bond motifs is 1. The molecule has 144 valence electrons. The van der Waals surface area contributed by atoms with Gasteiger partial charge in [-0.25, -0.2) is 0 Å². The van der Waals surface area contributed by atoms with Crippen molar-refractivity contribution >= 4 is 34.8 Å². The predicted molar refractivity (Wildman–Crippen MR) is 108 cm³/mol. The quantitative estimate of drug-likeness (QED) is 0.565. The van der Waals surface area contributed by atoms with Crippen LogP contribution in [-0.2, 0) is 11.2 Å². The van der Waals surface area contributed by atoms with Crippen molar-refractivity contribution < 1.29 is 9.21 Å². The average molecular weight is 408 g/mol. The molecule has 3 aromatic rings. The summed E-state index contributed by atoms with van der Waals surface area (Å²) in [6, 6.07) is 5.22. The molecule has 0 saturated heterocycles. The van der Waals surface area contributed by atoms with Gasteiger partial charge in [0.1, 0.15) is 11.5 Å². The summed E-state index contributed by atoms with van der Waals surface area (Å²) in [6.07, 6.45) is 1.92. The van der Waals surface area contributed by atoms with Gasteiger partial charge in [0.25, 0.3) is 0 Å². The molecule has 5 nitrogen and oxygen atoms in total. The first kappa shape index (κ1) is 19.8. The summed E-state index contributed by atoms with van der Waals surface area (Å²) in [7, 11) is 0. The number of carbonyl (C=O) groups is 1. The highest BCUT2D eigenvalue weighted by Crippen LogP contribution is 2.37. The summed E-state index contributed by atoms with van der Waals surface area (Å²) < 4.78 is 7.90. The number of rotatable bonds is 6. The highest BCUT2D eigenvalue weighted by molar-refractivity contribution is 6.36. The van der Waals surface area contributed by atoms with E-state index in [9.17, 15) is 4.79 Å². The van der Waals surface area contributed by atoms with E-state index in [-0.39, 0.29) is 11.9 Å². The van der Waals surface area contributed by atoms with Gasteiger partial charge in [0.2, 0.25) is 11.6 Å². The van der Waals surface area contributed by atoms with Crippen LogP contribution in [0, 0.1) is 6.92 Å². The number of oxazole rings is 1. The molecule has 0 saturated carbocycles. The topological polar surface area (TPSA) is 59.5 Å². The van der Waals surface area contributed by atoms with Gasteiger partial charge < -0.3 is 9.73 Å². The van der Waals surface area contributed by atoms with Crippen LogP contribution in [0.15, 0.2) is 22.6 Å². The third-order valence-electron chi connectivity index (χ3n) is 4.68. The van der Waals surface area contributed by atoms with Crippen molar-refractivity contribution in [1.82, 2.24) is 14.9 Å². The molecule has 1 aromatic carbocycles. The van der Waals surface area contributed by atoms with Gasteiger partial charge in [-0.3, -0.25) is 4.79 Å². The van der Waals surface area contributed by atoms with Crippen molar-refractivity contribution in [2.24, 2.45) is 0 Å². The van der Waals surface area contributed by atoms with Gasteiger partial charge >= 0.3 is 0 Å². The van der Waals surface area contributed by atoms with Crippen LogP contribution in [0.5, 0.6) is 0 Å². The first-order chi connectivity index (χ1) is 12.9. The summed E-state index contributed by atoms with van der Waals surface area (Å²) in [5.74, 6) is 0.717. The summed E-state index contributed by atoms with van der Waals surface area (Å²) in [5.41, 5.74) is 4.09. The number of aromatic nitrogens is 2. The Morgan fingerprint density at radius 3 is 2.63 bits per heavy atom. The molecule has 1 atom stereocenters. The Morgan fingerprint density at radius 1 is 1.30 bits per heavy atom. The summed E-state index contributed by atoms with van der Waals surface area (Å²) in [5, 5.41) is 8.96. The van der Waals surface area contributed by atoms with Crippen LogP contribution >= 0.6 is 23.2 Å². The van der Waals surface area contributed by atoms with E-state index in [0.717, 1.165) is 35.4 Å². The molecule has 1 N–H and O–H groups in total. The third-order valence-corrected chi connectivity index (χ3v) is 5.23. The van der Waals surface area contributed by atoms with E-state index in [1.165, 1.54) is 0 Å². The third kappa shape index (κ3) is 3.58. The number of amides is 1. The van der Waals surface area contributed by atoms with E-state index in [1.54, 1.807) is 16.6 Å². The number of benzene rings is 1. The Balaban J connectivity index is 2.21. The minimum atomic E-state index is -0.149. The second kappa shape index (κ2) is 7.95. The SMILES string of the molecule is CCC(=O)NC(CC)c1c(CC)nn2c(-c3ccc(Cl)cc3Cl)c(C)oc12. The van der Waals surface area contributed by atoms with Crippen molar-refractivity contribution in [3.05, 3.63) is 45.3 Å². The minimum Gasteiger partial charge on any atom is -0.441 e. The summed E-state index contributed by atoms with van der Waals surface area (Å²) in [4.78, 5) is 12.0. The monoisotopic (exact) mass is 407 g/mol. The van der Waals surface area contributed by atoms with Gasteiger partial charge in [0.05, 0.1) is 22.3 Å². The number of carbonyl (C=O) groups excluding carboxylic acids is 1. The zero-order valence-corrected chi connectivity index (χ0v) is 17.4. The molecule has 0 aliphatic rings. The highest BCUT2D eigenvalue weighted by Gasteiger charge is 2.27. The molecule has 7 heteroatoms. The maximum atomic E-state index is 12.0. The zero-order chi connectivity index (χ0) is 19.7. The lowest BCUT2D eigenvalue weighted by atomic mass is 10.0. The molecule has 2 heterocycles. The molecule has 27 heavy (non-hydrogen) atoms. The van der Waals surface area contributed by atoms with Crippen molar-refractivity contribution in [2.75, 3.05) is 0 Å². The Labute approximate surface area is 168 Å². The number of nitrogens with one attached hydrogen (secondary N) is 1. The smallest absolute Gasteiger partial charge is 0.227 e. The first-order valence-electron chi connectivity index (χ1n) is 9.16. The van der Waals surface area contributed by atoms with Gasteiger partial charge in [-0.15, -0.1) is 0 Å². The number of aryl methyl sites for hydroxylation is 2. The fraction of sp³-hybridized carbons (Fsp3) is 0.400. The zero-order valence-electron chi connectivity index (χ0n) is 15.9. The molecular weight excluding hydrogens is 385 g/mol. The highest BCUT2D eigenvalue weighted by atomic mass is 35.5. The Kier molecular flexibility index (Phi) is 5.82. The molecule has 0 spiro atoms. The fourth-order valence-corrected chi connectivity index (χ4v) is 3.82. The standard InChI is InChI=1S/C20H23Cl2N3O2/c1-5-15(23-17(26)7-3)18-16(6-2)24-25-19(11(4)27-20(18)25)13-9-8-12(21)10-14(13)22/h8-10,15H,5-7H2,1-4H3,(H,23,26). The van der Waals surface area contributed by atoms with E-state index in [4.69, 9.17) is 32.7 Å². The summed E-state index contributed by atoms with van der Waals surface area (Å²) in [6.45, 7) is 7.81. The second-order valence-electron chi connectivity index (χ2n) is 6.44.